The monoisotopic (exact) mass is 202 g/mol. The molecule has 0 aromatic rings. The van der Waals surface area contributed by atoms with Crippen LogP contribution in [0.5, 0.6) is 0 Å². The van der Waals surface area contributed by atoms with E-state index in [0.29, 0.717) is 10.3 Å². The summed E-state index contributed by atoms with van der Waals surface area (Å²) in [6.45, 7) is 16.1. The summed E-state index contributed by atoms with van der Waals surface area (Å²) in [7, 11) is 1.14. The third-order valence-electron chi connectivity index (χ3n) is 2.39. The smallest absolute Gasteiger partial charge is 0.0171 e. The maximum absolute atomic E-state index is 2.42. The number of rotatable bonds is 0. The summed E-state index contributed by atoms with van der Waals surface area (Å²) >= 11 is 0. The maximum atomic E-state index is 2.42. The highest BCUT2D eigenvalue weighted by Crippen LogP contribution is 2.53. The molecule has 0 amide bonds. The van der Waals surface area contributed by atoms with Crippen LogP contribution in [0.2, 0.25) is 0 Å². The fourth-order valence-electron chi connectivity index (χ4n) is 2.83. The zero-order valence-corrected chi connectivity index (χ0v) is 11.5. The van der Waals surface area contributed by atoms with E-state index in [1.807, 2.05) is 13.8 Å². The quantitative estimate of drug-likeness (QED) is 0.500. The normalized spacial score (nSPS) is 32.1. The summed E-state index contributed by atoms with van der Waals surface area (Å²) in [5.74, 6) is 0.932. The van der Waals surface area contributed by atoms with Crippen molar-refractivity contribution in [3.8, 4) is 0 Å². The van der Waals surface area contributed by atoms with Gasteiger partial charge in [0.15, 0.2) is 0 Å². The van der Waals surface area contributed by atoms with Crippen molar-refractivity contribution >= 4 is 8.58 Å². The van der Waals surface area contributed by atoms with E-state index in [4.69, 9.17) is 0 Å². The van der Waals surface area contributed by atoms with Gasteiger partial charge in [0.25, 0.3) is 0 Å². The van der Waals surface area contributed by atoms with Crippen LogP contribution in [0.4, 0.5) is 0 Å². The van der Waals surface area contributed by atoms with Crippen molar-refractivity contribution in [2.24, 2.45) is 5.92 Å². The third kappa shape index (κ3) is 5.01. The molecule has 0 atom stereocenters. The molecule has 1 rings (SSSR count). The molecule has 0 aromatic carbocycles. The Bertz CT molecular complexity index is 131. The van der Waals surface area contributed by atoms with Crippen LogP contribution in [0, 0.1) is 5.92 Å². The van der Waals surface area contributed by atoms with Gasteiger partial charge in [0.1, 0.15) is 0 Å². The van der Waals surface area contributed by atoms with Crippen molar-refractivity contribution in [1.29, 1.82) is 0 Å². The van der Waals surface area contributed by atoms with Crippen molar-refractivity contribution in [2.75, 3.05) is 0 Å². The van der Waals surface area contributed by atoms with Crippen LogP contribution >= 0.6 is 8.58 Å². The molecular weight excluding hydrogens is 175 g/mol. The van der Waals surface area contributed by atoms with E-state index in [9.17, 15) is 0 Å². The zero-order valence-electron chi connectivity index (χ0n) is 10.5. The molecule has 0 N–H and O–H groups in total. The van der Waals surface area contributed by atoms with Crippen LogP contribution in [0.1, 0.15) is 61.3 Å². The minimum Gasteiger partial charge on any atom is -0.110 e. The van der Waals surface area contributed by atoms with Crippen LogP contribution in [-0.2, 0) is 0 Å². The van der Waals surface area contributed by atoms with E-state index in [1.165, 1.54) is 12.8 Å². The van der Waals surface area contributed by atoms with Crippen LogP contribution in [0.25, 0.3) is 0 Å². The molecule has 0 saturated carbocycles. The van der Waals surface area contributed by atoms with E-state index in [2.05, 4.69) is 34.6 Å². The molecule has 80 valence electrons. The van der Waals surface area contributed by atoms with Gasteiger partial charge in [-0.1, -0.05) is 48.5 Å². The van der Waals surface area contributed by atoms with Crippen LogP contribution in [0.3, 0.4) is 0 Å². The second-order valence-corrected chi connectivity index (χ2v) is 8.36. The Morgan fingerprint density at radius 3 is 1.46 bits per heavy atom. The first-order valence-electron chi connectivity index (χ1n) is 5.60. The van der Waals surface area contributed by atoms with Crippen LogP contribution < -0.4 is 0 Å². The van der Waals surface area contributed by atoms with Gasteiger partial charge in [-0.2, -0.15) is 0 Å². The van der Waals surface area contributed by atoms with Crippen LogP contribution in [-0.4, -0.2) is 10.3 Å². The summed E-state index contributed by atoms with van der Waals surface area (Å²) in [4.78, 5) is 0. The average Bonchev–Trinajstić information content (AvgIpc) is 1.82. The summed E-state index contributed by atoms with van der Waals surface area (Å²) in [6, 6.07) is 0. The molecular formula is C12H27P. The fourth-order valence-corrected chi connectivity index (χ4v) is 5.57. The van der Waals surface area contributed by atoms with Gasteiger partial charge in [-0.25, -0.2) is 0 Å². The number of hydrogen-bond donors (Lipinski definition) is 0. The van der Waals surface area contributed by atoms with Gasteiger partial charge >= 0.3 is 0 Å². The predicted molar refractivity (Wildman–Crippen MR) is 66.2 cm³/mol. The fraction of sp³-hybridized carbons (Fsp3) is 1.00. The van der Waals surface area contributed by atoms with Gasteiger partial charge in [0.05, 0.1) is 0 Å². The molecule has 1 heteroatoms. The van der Waals surface area contributed by atoms with Crippen molar-refractivity contribution in [1.82, 2.24) is 0 Å². The molecule has 1 saturated heterocycles. The SMILES string of the molecule is CC.CC1CC(C)(C)PC(C)(C)C1. The minimum absolute atomic E-state index is 0.612. The lowest BCUT2D eigenvalue weighted by Gasteiger charge is -2.44. The summed E-state index contributed by atoms with van der Waals surface area (Å²) in [5, 5.41) is 1.22. The standard InChI is InChI=1S/C10H21P.C2H6/c1-8-6-9(2,3)11-10(4,5)7-8;1-2/h8,11H,6-7H2,1-5H3;1-2H3. The molecule has 13 heavy (non-hydrogen) atoms. The maximum Gasteiger partial charge on any atom is -0.0171 e. The molecule has 1 fully saturated rings. The summed E-state index contributed by atoms with van der Waals surface area (Å²) in [6.07, 6.45) is 2.85. The lowest BCUT2D eigenvalue weighted by atomic mass is 9.89. The number of hydrogen-bond acceptors (Lipinski definition) is 0. The topological polar surface area (TPSA) is 0 Å². The zero-order chi connectivity index (χ0) is 10.7. The van der Waals surface area contributed by atoms with Crippen molar-refractivity contribution in [3.63, 3.8) is 0 Å². The lowest BCUT2D eigenvalue weighted by Crippen LogP contribution is -2.33. The van der Waals surface area contributed by atoms with E-state index in [1.54, 1.807) is 0 Å². The highest BCUT2D eigenvalue weighted by atomic mass is 31.1. The van der Waals surface area contributed by atoms with Gasteiger partial charge < -0.3 is 0 Å². The van der Waals surface area contributed by atoms with Gasteiger partial charge in [-0.3, -0.25) is 0 Å². The molecule has 0 spiro atoms. The molecule has 1 aliphatic rings. The van der Waals surface area contributed by atoms with Crippen LogP contribution in [0.15, 0.2) is 0 Å². The molecule has 0 bridgehead atoms. The Labute approximate surface area is 86.7 Å². The molecule has 0 nitrogen and oxygen atoms in total. The Balaban J connectivity index is 0.000000671. The van der Waals surface area contributed by atoms with Gasteiger partial charge in [0, 0.05) is 0 Å². The van der Waals surface area contributed by atoms with E-state index >= 15 is 0 Å². The van der Waals surface area contributed by atoms with Crippen molar-refractivity contribution in [2.45, 2.75) is 71.6 Å². The minimum atomic E-state index is 0.612. The molecule has 0 unspecified atom stereocenters. The van der Waals surface area contributed by atoms with Gasteiger partial charge in [-0.05, 0) is 29.1 Å². The molecule has 1 aliphatic heterocycles. The average molecular weight is 202 g/mol. The Morgan fingerprint density at radius 1 is 0.923 bits per heavy atom. The molecule has 1 heterocycles. The second-order valence-electron chi connectivity index (χ2n) is 5.41. The molecule has 0 aliphatic carbocycles. The summed E-state index contributed by atoms with van der Waals surface area (Å²) < 4.78 is 0. The molecule has 0 aromatic heterocycles. The second kappa shape index (κ2) is 4.78. The van der Waals surface area contributed by atoms with Gasteiger partial charge in [-0.15, -0.1) is 8.58 Å². The van der Waals surface area contributed by atoms with E-state index in [-0.39, 0.29) is 0 Å². The van der Waals surface area contributed by atoms with E-state index in [0.717, 1.165) is 14.5 Å². The van der Waals surface area contributed by atoms with Gasteiger partial charge in [0.2, 0.25) is 0 Å². The van der Waals surface area contributed by atoms with E-state index < -0.39 is 0 Å². The predicted octanol–water partition coefficient (Wildman–Crippen LogP) is 4.68. The van der Waals surface area contributed by atoms with Crippen molar-refractivity contribution < 1.29 is 0 Å². The first-order chi connectivity index (χ1) is 5.81. The lowest BCUT2D eigenvalue weighted by molar-refractivity contribution is 0.366. The third-order valence-corrected chi connectivity index (χ3v) is 4.16. The first kappa shape index (κ1) is 13.4. The van der Waals surface area contributed by atoms with Crippen molar-refractivity contribution in [3.05, 3.63) is 0 Å². The first-order valence-corrected chi connectivity index (χ1v) is 6.60. The highest BCUT2D eigenvalue weighted by Gasteiger charge is 2.36. The highest BCUT2D eigenvalue weighted by molar-refractivity contribution is 7.41. The Kier molecular flexibility index (Phi) is 4.94. The molecule has 0 radical (unpaired) electrons. The Hall–Kier alpha value is 0.430. The summed E-state index contributed by atoms with van der Waals surface area (Å²) in [5.41, 5.74) is 0. The largest absolute Gasteiger partial charge is 0.110 e. The Morgan fingerprint density at radius 2 is 1.23 bits per heavy atom.